The topological polar surface area (TPSA) is 43.4 Å². The van der Waals surface area contributed by atoms with E-state index in [1.165, 1.54) is 0 Å². The minimum atomic E-state index is -3.29. The molecule has 0 aliphatic heterocycles. The van der Waals surface area contributed by atoms with Gasteiger partial charge in [-0.2, -0.15) is 8.42 Å². The zero-order chi connectivity index (χ0) is 11.0. The average molecular weight is 220 g/mol. The molecule has 0 amide bonds. The van der Waals surface area contributed by atoms with Crippen molar-refractivity contribution in [2.45, 2.75) is 45.1 Å². The van der Waals surface area contributed by atoms with Crippen molar-refractivity contribution in [3.05, 3.63) is 12.7 Å². The molecule has 0 saturated carbocycles. The van der Waals surface area contributed by atoms with Crippen molar-refractivity contribution in [1.29, 1.82) is 0 Å². The molecule has 0 aliphatic carbocycles. The van der Waals surface area contributed by atoms with Gasteiger partial charge in [-0.05, 0) is 26.2 Å². The normalized spacial score (nSPS) is 13.9. The van der Waals surface area contributed by atoms with Gasteiger partial charge >= 0.3 is 0 Å². The number of rotatable bonds is 8. The predicted molar refractivity (Wildman–Crippen MR) is 58.7 cm³/mol. The van der Waals surface area contributed by atoms with Gasteiger partial charge in [0.25, 0.3) is 10.1 Å². The molecule has 0 bridgehead atoms. The summed E-state index contributed by atoms with van der Waals surface area (Å²) in [6.07, 6.45) is 7.83. The van der Waals surface area contributed by atoms with Crippen LogP contribution in [0.5, 0.6) is 0 Å². The standard InChI is InChI=1S/C10H20O3S/c1-4-5-6-7-8-9-10(2)13-14(3,11)12/h4,10H,1,5-9H2,2-3H3. The highest BCUT2D eigenvalue weighted by Gasteiger charge is 2.09. The molecule has 1 unspecified atom stereocenters. The molecule has 84 valence electrons. The van der Waals surface area contributed by atoms with Crippen molar-refractivity contribution in [2.24, 2.45) is 0 Å². The maximum atomic E-state index is 10.7. The van der Waals surface area contributed by atoms with Crippen molar-refractivity contribution in [3.63, 3.8) is 0 Å². The summed E-state index contributed by atoms with van der Waals surface area (Å²) in [6.45, 7) is 5.42. The lowest BCUT2D eigenvalue weighted by molar-refractivity contribution is 0.216. The highest BCUT2D eigenvalue weighted by Crippen LogP contribution is 2.09. The largest absolute Gasteiger partial charge is 0.267 e. The van der Waals surface area contributed by atoms with Gasteiger partial charge in [-0.25, -0.2) is 0 Å². The Kier molecular flexibility index (Phi) is 6.83. The Hall–Kier alpha value is -0.350. The minimum Gasteiger partial charge on any atom is -0.267 e. The highest BCUT2D eigenvalue weighted by atomic mass is 32.2. The van der Waals surface area contributed by atoms with E-state index in [4.69, 9.17) is 4.18 Å². The van der Waals surface area contributed by atoms with Crippen LogP contribution in [0.3, 0.4) is 0 Å². The van der Waals surface area contributed by atoms with Crippen molar-refractivity contribution in [3.8, 4) is 0 Å². The van der Waals surface area contributed by atoms with Gasteiger partial charge in [-0.15, -0.1) is 6.58 Å². The molecule has 14 heavy (non-hydrogen) atoms. The fraction of sp³-hybridized carbons (Fsp3) is 0.800. The number of allylic oxidation sites excluding steroid dienone is 1. The Balaban J connectivity index is 3.45. The molecule has 0 aromatic heterocycles. The first kappa shape index (κ1) is 13.7. The Labute approximate surface area is 87.3 Å². The molecule has 0 rings (SSSR count). The zero-order valence-electron chi connectivity index (χ0n) is 9.03. The molecule has 0 spiro atoms. The molecule has 0 aromatic rings. The molecule has 0 aromatic carbocycles. The summed E-state index contributed by atoms with van der Waals surface area (Å²) in [7, 11) is -3.29. The third-order valence-corrected chi connectivity index (χ3v) is 2.54. The van der Waals surface area contributed by atoms with Gasteiger partial charge in [-0.3, -0.25) is 4.18 Å². The first-order valence-corrected chi connectivity index (χ1v) is 6.76. The van der Waals surface area contributed by atoms with E-state index < -0.39 is 10.1 Å². The first-order valence-electron chi connectivity index (χ1n) is 4.95. The molecular weight excluding hydrogens is 200 g/mol. The fourth-order valence-electron chi connectivity index (χ4n) is 1.24. The summed E-state index contributed by atoms with van der Waals surface area (Å²) >= 11 is 0. The van der Waals surface area contributed by atoms with E-state index in [2.05, 4.69) is 6.58 Å². The fourth-order valence-corrected chi connectivity index (χ4v) is 1.94. The SMILES string of the molecule is C=CCCCCCC(C)OS(C)(=O)=O. The second-order valence-corrected chi connectivity index (χ2v) is 5.14. The van der Waals surface area contributed by atoms with E-state index in [0.717, 1.165) is 38.4 Å². The van der Waals surface area contributed by atoms with Crippen LogP contribution in [0, 0.1) is 0 Å². The van der Waals surface area contributed by atoms with E-state index in [-0.39, 0.29) is 6.10 Å². The predicted octanol–water partition coefficient (Wildman–Crippen LogP) is 2.49. The molecule has 1 atom stereocenters. The van der Waals surface area contributed by atoms with Gasteiger partial charge < -0.3 is 0 Å². The average Bonchev–Trinajstić information content (AvgIpc) is 2.00. The van der Waals surface area contributed by atoms with Crippen LogP contribution in [-0.4, -0.2) is 20.8 Å². The van der Waals surface area contributed by atoms with Gasteiger partial charge in [0.15, 0.2) is 0 Å². The molecule has 0 N–H and O–H groups in total. The van der Waals surface area contributed by atoms with Crippen LogP contribution in [0.2, 0.25) is 0 Å². The van der Waals surface area contributed by atoms with Crippen LogP contribution in [-0.2, 0) is 14.3 Å². The van der Waals surface area contributed by atoms with Crippen LogP contribution >= 0.6 is 0 Å². The zero-order valence-corrected chi connectivity index (χ0v) is 9.85. The van der Waals surface area contributed by atoms with Gasteiger partial charge in [0.05, 0.1) is 12.4 Å². The molecule has 0 radical (unpaired) electrons. The van der Waals surface area contributed by atoms with Gasteiger partial charge in [-0.1, -0.05) is 18.9 Å². The second-order valence-electron chi connectivity index (χ2n) is 3.54. The third kappa shape index (κ3) is 9.74. The minimum absolute atomic E-state index is 0.200. The first-order chi connectivity index (χ1) is 6.45. The molecule has 0 fully saturated rings. The molecule has 0 saturated heterocycles. The van der Waals surface area contributed by atoms with E-state index in [9.17, 15) is 8.42 Å². The molecule has 0 heterocycles. The summed E-state index contributed by atoms with van der Waals surface area (Å²) in [6, 6.07) is 0. The summed E-state index contributed by atoms with van der Waals surface area (Å²) in [5.74, 6) is 0. The lowest BCUT2D eigenvalue weighted by atomic mass is 10.1. The Bertz CT molecular complexity index is 244. The van der Waals surface area contributed by atoms with Crippen molar-refractivity contribution in [2.75, 3.05) is 6.26 Å². The quantitative estimate of drug-likeness (QED) is 0.358. The number of hydrogen-bond acceptors (Lipinski definition) is 3. The van der Waals surface area contributed by atoms with Crippen molar-refractivity contribution >= 4 is 10.1 Å². The number of hydrogen-bond donors (Lipinski definition) is 0. The van der Waals surface area contributed by atoms with E-state index in [1.807, 2.05) is 6.08 Å². The second kappa shape index (κ2) is 7.01. The van der Waals surface area contributed by atoms with Gasteiger partial charge in [0.2, 0.25) is 0 Å². The van der Waals surface area contributed by atoms with E-state index in [0.29, 0.717) is 0 Å². The molecule has 4 heteroatoms. The number of unbranched alkanes of at least 4 members (excludes halogenated alkanes) is 3. The van der Waals surface area contributed by atoms with Gasteiger partial charge in [0, 0.05) is 0 Å². The highest BCUT2D eigenvalue weighted by molar-refractivity contribution is 7.86. The molecular formula is C10H20O3S. The smallest absolute Gasteiger partial charge is 0.264 e. The van der Waals surface area contributed by atoms with Crippen LogP contribution in [0.1, 0.15) is 39.0 Å². The van der Waals surface area contributed by atoms with E-state index in [1.54, 1.807) is 6.92 Å². The summed E-state index contributed by atoms with van der Waals surface area (Å²) in [4.78, 5) is 0. The lowest BCUT2D eigenvalue weighted by Gasteiger charge is -2.09. The van der Waals surface area contributed by atoms with Crippen molar-refractivity contribution in [1.82, 2.24) is 0 Å². The van der Waals surface area contributed by atoms with Crippen LogP contribution in [0.15, 0.2) is 12.7 Å². The summed E-state index contributed by atoms with van der Waals surface area (Å²) in [5.41, 5.74) is 0. The maximum absolute atomic E-state index is 10.7. The van der Waals surface area contributed by atoms with Crippen LogP contribution in [0.4, 0.5) is 0 Å². The monoisotopic (exact) mass is 220 g/mol. The Morgan fingerprint density at radius 3 is 2.50 bits per heavy atom. The van der Waals surface area contributed by atoms with Crippen LogP contribution in [0.25, 0.3) is 0 Å². The third-order valence-electron chi connectivity index (χ3n) is 1.86. The Morgan fingerprint density at radius 2 is 2.00 bits per heavy atom. The maximum Gasteiger partial charge on any atom is 0.264 e. The lowest BCUT2D eigenvalue weighted by Crippen LogP contribution is -2.13. The van der Waals surface area contributed by atoms with Crippen LogP contribution < -0.4 is 0 Å². The molecule has 3 nitrogen and oxygen atoms in total. The summed E-state index contributed by atoms with van der Waals surface area (Å²) < 4.78 is 26.3. The van der Waals surface area contributed by atoms with Crippen molar-refractivity contribution < 1.29 is 12.6 Å². The Morgan fingerprint density at radius 1 is 1.36 bits per heavy atom. The van der Waals surface area contributed by atoms with Gasteiger partial charge in [0.1, 0.15) is 0 Å². The summed E-state index contributed by atoms with van der Waals surface area (Å²) in [5, 5.41) is 0. The molecule has 0 aliphatic rings. The van der Waals surface area contributed by atoms with E-state index >= 15 is 0 Å².